The van der Waals surface area contributed by atoms with E-state index in [1.165, 1.54) is 11.3 Å². The molecule has 0 spiro atoms. The third-order valence-electron chi connectivity index (χ3n) is 4.66. The van der Waals surface area contributed by atoms with E-state index >= 15 is 0 Å². The molecule has 0 radical (unpaired) electrons. The number of nitrogens with one attached hydrogen (secondary N) is 2. The first kappa shape index (κ1) is 19.5. The lowest BCUT2D eigenvalue weighted by Crippen LogP contribution is -2.37. The molecule has 27 heavy (non-hydrogen) atoms. The van der Waals surface area contributed by atoms with Gasteiger partial charge in [-0.3, -0.25) is 9.59 Å². The van der Waals surface area contributed by atoms with Gasteiger partial charge in [0.05, 0.1) is 22.8 Å². The standard InChI is InChI=1S/C19H26N4O3S/c1-10(2)19-20-12(4)17(27-19)18(25)22-14-6-5-13(8-14)21-16(24)9-15-7-11(3)23-26-15/h7,10,13-14H,5-6,8-9H2,1-4H3,(H,21,24)(H,22,25)/t13-,14+/m1/s1. The van der Waals surface area contributed by atoms with Gasteiger partial charge in [-0.25, -0.2) is 4.98 Å². The molecule has 0 unspecified atom stereocenters. The summed E-state index contributed by atoms with van der Waals surface area (Å²) < 4.78 is 5.08. The van der Waals surface area contributed by atoms with Gasteiger partial charge in [-0.05, 0) is 33.1 Å². The molecule has 3 rings (SSSR count). The summed E-state index contributed by atoms with van der Waals surface area (Å²) in [6, 6.07) is 1.90. The number of rotatable bonds is 6. The summed E-state index contributed by atoms with van der Waals surface area (Å²) in [6.07, 6.45) is 2.63. The molecule has 2 amide bonds. The van der Waals surface area contributed by atoms with Gasteiger partial charge in [0, 0.05) is 24.1 Å². The maximum absolute atomic E-state index is 12.6. The molecule has 0 aliphatic heterocycles. The van der Waals surface area contributed by atoms with Crippen molar-refractivity contribution in [3.8, 4) is 0 Å². The third-order valence-corrected chi connectivity index (χ3v) is 6.11. The summed E-state index contributed by atoms with van der Waals surface area (Å²) in [4.78, 5) is 29.9. The van der Waals surface area contributed by atoms with Crippen LogP contribution in [0.15, 0.2) is 10.6 Å². The monoisotopic (exact) mass is 390 g/mol. The molecule has 146 valence electrons. The molecular weight excluding hydrogens is 364 g/mol. The van der Waals surface area contributed by atoms with E-state index in [4.69, 9.17) is 4.52 Å². The molecule has 2 heterocycles. The lowest BCUT2D eigenvalue weighted by molar-refractivity contribution is -0.121. The SMILES string of the molecule is Cc1cc(CC(=O)N[C@@H]2CC[C@H](NC(=O)c3sc(C(C)C)nc3C)C2)on1. The van der Waals surface area contributed by atoms with Crippen LogP contribution in [0.3, 0.4) is 0 Å². The van der Waals surface area contributed by atoms with E-state index in [-0.39, 0.29) is 30.3 Å². The van der Waals surface area contributed by atoms with E-state index in [0.29, 0.717) is 16.6 Å². The van der Waals surface area contributed by atoms with Gasteiger partial charge >= 0.3 is 0 Å². The van der Waals surface area contributed by atoms with E-state index in [1.807, 2.05) is 13.8 Å². The fraction of sp³-hybridized carbons (Fsp3) is 0.579. The van der Waals surface area contributed by atoms with Gasteiger partial charge in [0.2, 0.25) is 5.91 Å². The molecule has 0 bridgehead atoms. The van der Waals surface area contributed by atoms with Gasteiger partial charge in [0.25, 0.3) is 5.91 Å². The van der Waals surface area contributed by atoms with Crippen LogP contribution in [0.2, 0.25) is 0 Å². The number of amides is 2. The number of carbonyl (C=O) groups excluding carboxylic acids is 2. The molecule has 1 aliphatic rings. The van der Waals surface area contributed by atoms with Crippen molar-refractivity contribution in [1.29, 1.82) is 0 Å². The second-order valence-electron chi connectivity index (χ2n) is 7.48. The molecule has 8 heteroatoms. The van der Waals surface area contributed by atoms with Gasteiger partial charge in [0.1, 0.15) is 10.6 Å². The molecule has 1 saturated carbocycles. The maximum Gasteiger partial charge on any atom is 0.263 e. The summed E-state index contributed by atoms with van der Waals surface area (Å²) in [5, 5.41) is 10.9. The maximum atomic E-state index is 12.6. The molecule has 2 aromatic heterocycles. The Hall–Kier alpha value is -2.22. The largest absolute Gasteiger partial charge is 0.361 e. The molecular formula is C19H26N4O3S. The fourth-order valence-corrected chi connectivity index (χ4v) is 4.28. The van der Waals surface area contributed by atoms with Crippen molar-refractivity contribution in [2.45, 2.75) is 71.4 Å². The molecule has 2 aromatic rings. The molecule has 2 N–H and O–H groups in total. The van der Waals surface area contributed by atoms with E-state index in [9.17, 15) is 9.59 Å². The zero-order valence-corrected chi connectivity index (χ0v) is 17.0. The van der Waals surface area contributed by atoms with Gasteiger partial charge in [-0.2, -0.15) is 0 Å². The van der Waals surface area contributed by atoms with Gasteiger partial charge in [-0.15, -0.1) is 11.3 Å². The summed E-state index contributed by atoms with van der Waals surface area (Å²) in [7, 11) is 0. The topological polar surface area (TPSA) is 97.1 Å². The van der Waals surface area contributed by atoms with Crippen molar-refractivity contribution in [3.05, 3.63) is 33.1 Å². The molecule has 0 saturated heterocycles. The third kappa shape index (κ3) is 4.94. The number of nitrogens with zero attached hydrogens (tertiary/aromatic N) is 2. The van der Waals surface area contributed by atoms with Crippen LogP contribution < -0.4 is 10.6 Å². The minimum atomic E-state index is -0.0806. The Balaban J connectivity index is 1.49. The van der Waals surface area contributed by atoms with Crippen LogP contribution in [-0.4, -0.2) is 34.0 Å². The Kier molecular flexibility index (Phi) is 5.94. The summed E-state index contributed by atoms with van der Waals surface area (Å²) >= 11 is 1.46. The average molecular weight is 391 g/mol. The second kappa shape index (κ2) is 8.21. The van der Waals surface area contributed by atoms with E-state index in [2.05, 4.69) is 34.6 Å². The lowest BCUT2D eigenvalue weighted by atomic mass is 10.2. The van der Waals surface area contributed by atoms with Crippen molar-refractivity contribution in [2.75, 3.05) is 0 Å². The van der Waals surface area contributed by atoms with E-state index in [1.54, 1.807) is 6.07 Å². The predicted molar refractivity (Wildman–Crippen MR) is 103 cm³/mol. The van der Waals surface area contributed by atoms with Gasteiger partial charge < -0.3 is 15.2 Å². The zero-order valence-electron chi connectivity index (χ0n) is 16.2. The Morgan fingerprint density at radius 3 is 2.56 bits per heavy atom. The Labute approximate surface area is 162 Å². The number of aryl methyl sites for hydroxylation is 2. The van der Waals surface area contributed by atoms with Crippen LogP contribution >= 0.6 is 11.3 Å². The number of carbonyl (C=O) groups is 2. The molecule has 0 aromatic carbocycles. The van der Waals surface area contributed by atoms with Crippen LogP contribution in [-0.2, 0) is 11.2 Å². The van der Waals surface area contributed by atoms with Gasteiger partial charge in [-0.1, -0.05) is 19.0 Å². The Morgan fingerprint density at radius 2 is 1.96 bits per heavy atom. The van der Waals surface area contributed by atoms with Crippen molar-refractivity contribution in [1.82, 2.24) is 20.8 Å². The summed E-state index contributed by atoms with van der Waals surface area (Å²) in [6.45, 7) is 7.85. The summed E-state index contributed by atoms with van der Waals surface area (Å²) in [5.41, 5.74) is 1.55. The highest BCUT2D eigenvalue weighted by molar-refractivity contribution is 7.13. The quantitative estimate of drug-likeness (QED) is 0.790. The highest BCUT2D eigenvalue weighted by atomic mass is 32.1. The second-order valence-corrected chi connectivity index (χ2v) is 8.51. The zero-order chi connectivity index (χ0) is 19.6. The number of hydrogen-bond acceptors (Lipinski definition) is 6. The lowest BCUT2D eigenvalue weighted by Gasteiger charge is -2.14. The fourth-order valence-electron chi connectivity index (χ4n) is 3.31. The van der Waals surface area contributed by atoms with Gasteiger partial charge in [0.15, 0.2) is 0 Å². The normalized spacial score (nSPS) is 19.4. The number of hydrogen-bond donors (Lipinski definition) is 2. The van der Waals surface area contributed by atoms with Crippen molar-refractivity contribution < 1.29 is 14.1 Å². The molecule has 2 atom stereocenters. The minimum Gasteiger partial charge on any atom is -0.361 e. The number of aromatic nitrogens is 2. The highest BCUT2D eigenvalue weighted by Gasteiger charge is 2.28. The molecule has 1 aliphatic carbocycles. The first-order valence-electron chi connectivity index (χ1n) is 9.31. The Morgan fingerprint density at radius 1 is 1.26 bits per heavy atom. The molecule has 1 fully saturated rings. The first-order valence-corrected chi connectivity index (χ1v) is 10.1. The highest BCUT2D eigenvalue weighted by Crippen LogP contribution is 2.26. The Bertz CT molecular complexity index is 827. The van der Waals surface area contributed by atoms with Crippen LogP contribution in [0.4, 0.5) is 0 Å². The summed E-state index contributed by atoms with van der Waals surface area (Å²) in [5.74, 6) is 0.734. The minimum absolute atomic E-state index is 0.0639. The number of thiazole rings is 1. The first-order chi connectivity index (χ1) is 12.8. The van der Waals surface area contributed by atoms with Crippen molar-refractivity contribution in [2.24, 2.45) is 0 Å². The van der Waals surface area contributed by atoms with E-state index in [0.717, 1.165) is 35.7 Å². The van der Waals surface area contributed by atoms with Crippen molar-refractivity contribution >= 4 is 23.2 Å². The van der Waals surface area contributed by atoms with Crippen LogP contribution in [0.25, 0.3) is 0 Å². The van der Waals surface area contributed by atoms with Crippen molar-refractivity contribution in [3.63, 3.8) is 0 Å². The molecule has 7 nitrogen and oxygen atoms in total. The predicted octanol–water partition coefficient (Wildman–Crippen LogP) is 2.88. The smallest absolute Gasteiger partial charge is 0.263 e. The van der Waals surface area contributed by atoms with Crippen LogP contribution in [0, 0.1) is 13.8 Å². The van der Waals surface area contributed by atoms with Crippen LogP contribution in [0.1, 0.15) is 70.9 Å². The van der Waals surface area contributed by atoms with E-state index < -0.39 is 0 Å². The average Bonchev–Trinajstić information content (AvgIpc) is 3.28. The van der Waals surface area contributed by atoms with Crippen LogP contribution in [0.5, 0.6) is 0 Å².